The summed E-state index contributed by atoms with van der Waals surface area (Å²) in [5.41, 5.74) is -0.847. The Morgan fingerprint density at radius 2 is 2.23 bits per heavy atom. The minimum atomic E-state index is -3.07. The van der Waals surface area contributed by atoms with Crippen molar-refractivity contribution in [1.82, 2.24) is 0 Å². The summed E-state index contributed by atoms with van der Waals surface area (Å²) in [5, 5.41) is 13.2. The van der Waals surface area contributed by atoms with Crippen molar-refractivity contribution >= 4 is 27.6 Å². The Balaban J connectivity index is 3.03. The average molecular weight is 381 g/mol. The first-order valence-electron chi connectivity index (χ1n) is 5.87. The summed E-state index contributed by atoms with van der Waals surface area (Å²) in [6, 6.07) is 4.10. The topological polar surface area (TPSA) is 90.7 Å². The van der Waals surface area contributed by atoms with E-state index in [0.717, 1.165) is 6.20 Å². The van der Waals surface area contributed by atoms with E-state index >= 15 is 0 Å². The van der Waals surface area contributed by atoms with Crippen molar-refractivity contribution in [2.45, 2.75) is 13.5 Å². The molecule has 0 saturated carbocycles. The van der Waals surface area contributed by atoms with Gasteiger partial charge in [0.1, 0.15) is 0 Å². The van der Waals surface area contributed by atoms with E-state index in [2.05, 4.69) is 30.7 Å². The molecule has 1 rings (SSSR count). The van der Waals surface area contributed by atoms with Gasteiger partial charge in [-0.2, -0.15) is 8.78 Å². The van der Waals surface area contributed by atoms with Gasteiger partial charge in [-0.1, -0.05) is 15.9 Å². The maximum absolute atomic E-state index is 12.3. The molecule has 1 N–H and O–H groups in total. The number of esters is 1. The van der Waals surface area contributed by atoms with E-state index in [1.54, 1.807) is 0 Å². The second kappa shape index (κ2) is 8.27. The Bertz CT molecular complexity index is 595. The molecular weight excluding hydrogens is 370 g/mol. The number of anilines is 1. The van der Waals surface area contributed by atoms with Gasteiger partial charge < -0.3 is 14.8 Å². The number of hydrogen-bond donors (Lipinski definition) is 1. The van der Waals surface area contributed by atoms with Gasteiger partial charge in [0.05, 0.1) is 23.4 Å². The Kier molecular flexibility index (Phi) is 6.70. The Hall–Kier alpha value is -2.23. The molecule has 0 spiro atoms. The first kappa shape index (κ1) is 17.8. The molecule has 0 heterocycles. The number of nitrogens with zero attached hydrogens (tertiary/aromatic N) is 1. The molecule has 0 atom stereocenters. The molecule has 0 amide bonds. The highest BCUT2D eigenvalue weighted by Crippen LogP contribution is 2.30. The zero-order valence-corrected chi connectivity index (χ0v) is 12.8. The average Bonchev–Trinajstić information content (AvgIpc) is 2.40. The summed E-state index contributed by atoms with van der Waals surface area (Å²) in [4.78, 5) is 21.2. The molecule has 1 aromatic carbocycles. The summed E-state index contributed by atoms with van der Waals surface area (Å²) in [6.45, 7) is -1.62. The number of hydrogen-bond acceptors (Lipinski definition) is 6. The lowest BCUT2D eigenvalue weighted by Gasteiger charge is -2.10. The molecule has 0 bridgehead atoms. The standard InChI is InChI=1S/C12H11BrF2N2O5/c1-2-21-11(18)9(17(19)20)6-16-8-4-3-7(13)5-10(8)22-12(14)15/h3-6,12,16H,2H2,1H3/b9-6-. The smallest absolute Gasteiger partial charge is 0.411 e. The Morgan fingerprint density at radius 3 is 2.77 bits per heavy atom. The van der Waals surface area contributed by atoms with Crippen molar-refractivity contribution in [2.75, 3.05) is 11.9 Å². The molecule has 0 aliphatic heterocycles. The number of ether oxygens (including phenoxy) is 2. The first-order valence-corrected chi connectivity index (χ1v) is 6.67. The van der Waals surface area contributed by atoms with Crippen LogP contribution in [-0.2, 0) is 9.53 Å². The number of nitrogens with one attached hydrogen (secondary N) is 1. The quantitative estimate of drug-likeness (QED) is 0.338. The molecule has 1 aromatic rings. The minimum absolute atomic E-state index is 0.0205. The molecule has 120 valence electrons. The zero-order valence-electron chi connectivity index (χ0n) is 11.2. The highest BCUT2D eigenvalue weighted by molar-refractivity contribution is 9.10. The minimum Gasteiger partial charge on any atom is -0.458 e. The maximum atomic E-state index is 12.3. The van der Waals surface area contributed by atoms with Crippen molar-refractivity contribution in [3.05, 3.63) is 44.7 Å². The van der Waals surface area contributed by atoms with Gasteiger partial charge in [0.25, 0.3) is 0 Å². The fourth-order valence-electron chi connectivity index (χ4n) is 1.35. The molecular formula is C12H11BrF2N2O5. The van der Waals surface area contributed by atoms with Gasteiger partial charge in [0.2, 0.25) is 0 Å². The van der Waals surface area contributed by atoms with E-state index < -0.39 is 23.2 Å². The summed E-state index contributed by atoms with van der Waals surface area (Å²) in [7, 11) is 0. The third kappa shape index (κ3) is 5.28. The molecule has 0 radical (unpaired) electrons. The fraction of sp³-hybridized carbons (Fsp3) is 0.250. The predicted octanol–water partition coefficient (Wildman–Crippen LogP) is 3.14. The van der Waals surface area contributed by atoms with Gasteiger partial charge in [0, 0.05) is 4.47 Å². The molecule has 0 aliphatic carbocycles. The number of alkyl halides is 2. The SMILES string of the molecule is CCOC(=O)/C(=C/Nc1ccc(Br)cc1OC(F)F)[N+](=O)[O-]. The van der Waals surface area contributed by atoms with Crippen LogP contribution in [0.3, 0.4) is 0 Å². The summed E-state index contributed by atoms with van der Waals surface area (Å²) >= 11 is 3.08. The Morgan fingerprint density at radius 1 is 1.55 bits per heavy atom. The number of carbonyl (C=O) groups excluding carboxylic acids is 1. The lowest BCUT2D eigenvalue weighted by atomic mass is 10.3. The normalized spacial score (nSPS) is 11.2. The van der Waals surface area contributed by atoms with Gasteiger partial charge in [0.15, 0.2) is 5.75 Å². The van der Waals surface area contributed by atoms with Gasteiger partial charge in [-0.05, 0) is 25.1 Å². The van der Waals surface area contributed by atoms with Crippen LogP contribution in [0.5, 0.6) is 5.75 Å². The number of halogens is 3. The van der Waals surface area contributed by atoms with Crippen LogP contribution in [0.4, 0.5) is 14.5 Å². The van der Waals surface area contributed by atoms with E-state index in [9.17, 15) is 23.7 Å². The van der Waals surface area contributed by atoms with Crippen LogP contribution in [0.15, 0.2) is 34.6 Å². The number of nitro groups is 1. The van der Waals surface area contributed by atoms with E-state index in [1.165, 1.54) is 25.1 Å². The lowest BCUT2D eigenvalue weighted by Crippen LogP contribution is -2.16. The number of carbonyl (C=O) groups is 1. The predicted molar refractivity (Wildman–Crippen MR) is 76.1 cm³/mol. The molecule has 0 aliphatic rings. The second-order valence-electron chi connectivity index (χ2n) is 3.67. The molecule has 0 saturated heterocycles. The lowest BCUT2D eigenvalue weighted by molar-refractivity contribution is -0.421. The molecule has 0 fully saturated rings. The van der Waals surface area contributed by atoms with E-state index in [4.69, 9.17) is 0 Å². The van der Waals surface area contributed by atoms with Crippen LogP contribution in [0, 0.1) is 10.1 Å². The van der Waals surface area contributed by atoms with E-state index in [1.807, 2.05) is 0 Å². The van der Waals surface area contributed by atoms with Gasteiger partial charge in [-0.3, -0.25) is 10.1 Å². The summed E-state index contributed by atoms with van der Waals surface area (Å²) in [6.07, 6.45) is 0.750. The van der Waals surface area contributed by atoms with Crippen molar-refractivity contribution in [3.63, 3.8) is 0 Å². The first-order chi connectivity index (χ1) is 10.3. The third-order valence-electron chi connectivity index (χ3n) is 2.21. The highest BCUT2D eigenvalue weighted by Gasteiger charge is 2.23. The van der Waals surface area contributed by atoms with Crippen LogP contribution in [0.25, 0.3) is 0 Å². The van der Waals surface area contributed by atoms with E-state index in [0.29, 0.717) is 4.47 Å². The van der Waals surface area contributed by atoms with Crippen LogP contribution in [-0.4, -0.2) is 24.1 Å². The maximum Gasteiger partial charge on any atom is 0.411 e. The van der Waals surface area contributed by atoms with Crippen molar-refractivity contribution in [3.8, 4) is 5.75 Å². The van der Waals surface area contributed by atoms with Crippen molar-refractivity contribution in [1.29, 1.82) is 0 Å². The van der Waals surface area contributed by atoms with Crippen LogP contribution < -0.4 is 10.1 Å². The fourth-order valence-corrected chi connectivity index (χ4v) is 1.69. The molecule has 10 heteroatoms. The van der Waals surface area contributed by atoms with Crippen LogP contribution >= 0.6 is 15.9 Å². The summed E-state index contributed by atoms with van der Waals surface area (Å²) < 4.78 is 33.9. The highest BCUT2D eigenvalue weighted by atomic mass is 79.9. The van der Waals surface area contributed by atoms with Gasteiger partial charge >= 0.3 is 18.3 Å². The number of benzene rings is 1. The molecule has 22 heavy (non-hydrogen) atoms. The largest absolute Gasteiger partial charge is 0.458 e. The van der Waals surface area contributed by atoms with Crippen molar-refractivity contribution < 1.29 is 28.0 Å². The Labute approximate surface area is 132 Å². The number of rotatable bonds is 7. The van der Waals surface area contributed by atoms with Crippen molar-refractivity contribution in [2.24, 2.45) is 0 Å². The third-order valence-corrected chi connectivity index (χ3v) is 2.70. The molecule has 0 unspecified atom stereocenters. The molecule has 7 nitrogen and oxygen atoms in total. The van der Waals surface area contributed by atoms with Gasteiger partial charge in [-0.15, -0.1) is 0 Å². The molecule has 0 aromatic heterocycles. The van der Waals surface area contributed by atoms with E-state index in [-0.39, 0.29) is 18.0 Å². The summed E-state index contributed by atoms with van der Waals surface area (Å²) in [5.74, 6) is -1.39. The second-order valence-corrected chi connectivity index (χ2v) is 4.59. The monoisotopic (exact) mass is 380 g/mol. The van der Waals surface area contributed by atoms with Crippen LogP contribution in [0.2, 0.25) is 0 Å². The zero-order chi connectivity index (χ0) is 16.7. The van der Waals surface area contributed by atoms with Gasteiger partial charge in [-0.25, -0.2) is 4.79 Å². The van der Waals surface area contributed by atoms with Crippen LogP contribution in [0.1, 0.15) is 6.92 Å².